The van der Waals surface area contributed by atoms with Crippen LogP contribution in [0.15, 0.2) is 48.5 Å². The minimum Gasteiger partial charge on any atom is -0.493 e. The number of carbonyl (C=O) groups excluding carboxylic acids is 1. The van der Waals surface area contributed by atoms with Crippen LogP contribution in [0.5, 0.6) is 5.75 Å². The number of carbonyl (C=O) groups is 1. The molecule has 0 aliphatic carbocycles. The van der Waals surface area contributed by atoms with Crippen molar-refractivity contribution in [3.05, 3.63) is 59.7 Å². The summed E-state index contributed by atoms with van der Waals surface area (Å²) in [7, 11) is 3.43. The second kappa shape index (κ2) is 8.22. The van der Waals surface area contributed by atoms with E-state index in [9.17, 15) is 4.79 Å². The molecule has 0 radical (unpaired) electrons. The highest BCUT2D eigenvalue weighted by molar-refractivity contribution is 5.89. The molecule has 0 fully saturated rings. The van der Waals surface area contributed by atoms with Crippen molar-refractivity contribution in [1.82, 2.24) is 4.90 Å². The number of nitrogens with zero attached hydrogens (tertiary/aromatic N) is 1. The third-order valence-electron chi connectivity index (χ3n) is 3.54. The van der Waals surface area contributed by atoms with Gasteiger partial charge in [0.15, 0.2) is 0 Å². The van der Waals surface area contributed by atoms with Crippen molar-refractivity contribution in [3.63, 3.8) is 0 Å². The monoisotopic (exact) mass is 312 g/mol. The topological polar surface area (TPSA) is 41.6 Å². The van der Waals surface area contributed by atoms with Gasteiger partial charge >= 0.3 is 6.03 Å². The molecule has 23 heavy (non-hydrogen) atoms. The van der Waals surface area contributed by atoms with E-state index >= 15 is 0 Å². The Morgan fingerprint density at radius 1 is 1.13 bits per heavy atom. The fourth-order valence-corrected chi connectivity index (χ4v) is 2.23. The van der Waals surface area contributed by atoms with Gasteiger partial charge in [0.05, 0.1) is 6.61 Å². The van der Waals surface area contributed by atoms with E-state index in [1.54, 1.807) is 14.1 Å². The predicted molar refractivity (Wildman–Crippen MR) is 94.1 cm³/mol. The molecule has 0 saturated heterocycles. The highest BCUT2D eigenvalue weighted by Crippen LogP contribution is 2.22. The largest absolute Gasteiger partial charge is 0.493 e. The summed E-state index contributed by atoms with van der Waals surface area (Å²) in [4.78, 5) is 13.1. The molecule has 2 aromatic carbocycles. The molecule has 0 spiro atoms. The van der Waals surface area contributed by atoms with Crippen molar-refractivity contribution in [2.24, 2.45) is 0 Å². The summed E-state index contributed by atoms with van der Waals surface area (Å²) >= 11 is 0. The molecule has 0 aliphatic rings. The van der Waals surface area contributed by atoms with Gasteiger partial charge in [-0.05, 0) is 49.1 Å². The summed E-state index contributed by atoms with van der Waals surface area (Å²) < 4.78 is 5.84. The Labute approximate surface area is 138 Å². The van der Waals surface area contributed by atoms with Crippen LogP contribution < -0.4 is 10.1 Å². The minimum atomic E-state index is -0.138. The van der Waals surface area contributed by atoms with Gasteiger partial charge in [0.25, 0.3) is 0 Å². The molecule has 0 unspecified atom stereocenters. The first-order chi connectivity index (χ1) is 11.1. The number of hydrogen-bond acceptors (Lipinski definition) is 2. The number of urea groups is 1. The van der Waals surface area contributed by atoms with Gasteiger partial charge in [-0.15, -0.1) is 0 Å². The van der Waals surface area contributed by atoms with Crippen LogP contribution in [-0.4, -0.2) is 31.6 Å². The van der Waals surface area contributed by atoms with Crippen molar-refractivity contribution in [1.29, 1.82) is 0 Å². The average molecular weight is 312 g/mol. The summed E-state index contributed by atoms with van der Waals surface area (Å²) in [6, 6.07) is 16.0. The first-order valence-electron chi connectivity index (χ1n) is 7.82. The van der Waals surface area contributed by atoms with Crippen LogP contribution in [-0.2, 0) is 6.42 Å². The third kappa shape index (κ3) is 5.33. The normalized spacial score (nSPS) is 10.2. The number of anilines is 1. The van der Waals surface area contributed by atoms with Crippen molar-refractivity contribution >= 4 is 11.7 Å². The highest BCUT2D eigenvalue weighted by Gasteiger charge is 2.06. The Kier molecular flexibility index (Phi) is 6.03. The van der Waals surface area contributed by atoms with Crippen LogP contribution in [0.1, 0.15) is 17.5 Å². The van der Waals surface area contributed by atoms with Crippen LogP contribution in [0.3, 0.4) is 0 Å². The highest BCUT2D eigenvalue weighted by atomic mass is 16.5. The zero-order valence-electron chi connectivity index (χ0n) is 14.0. The lowest BCUT2D eigenvalue weighted by molar-refractivity contribution is 0.230. The van der Waals surface area contributed by atoms with Crippen molar-refractivity contribution in [3.8, 4) is 5.75 Å². The lowest BCUT2D eigenvalue weighted by atomic mass is 10.1. The standard InChI is InChI=1S/C19H24N2O2/c1-15-14-17(20-19(22)21(2)3)11-12-18(15)23-13-7-10-16-8-5-4-6-9-16/h4-6,8-9,11-12,14H,7,10,13H2,1-3H3,(H,20,22). The molecular weight excluding hydrogens is 288 g/mol. The number of ether oxygens (including phenoxy) is 1. The molecule has 0 atom stereocenters. The average Bonchev–Trinajstić information content (AvgIpc) is 2.54. The SMILES string of the molecule is Cc1cc(NC(=O)N(C)C)ccc1OCCCc1ccccc1. The number of rotatable bonds is 6. The molecule has 4 heteroatoms. The number of nitrogens with one attached hydrogen (secondary N) is 1. The molecule has 0 bridgehead atoms. The molecule has 2 amide bonds. The molecule has 1 N–H and O–H groups in total. The summed E-state index contributed by atoms with van der Waals surface area (Å²) in [6.07, 6.45) is 1.99. The maximum absolute atomic E-state index is 11.6. The van der Waals surface area contributed by atoms with E-state index < -0.39 is 0 Å². The van der Waals surface area contributed by atoms with Gasteiger partial charge in [-0.2, -0.15) is 0 Å². The molecule has 0 heterocycles. The van der Waals surface area contributed by atoms with Crippen molar-refractivity contribution in [2.45, 2.75) is 19.8 Å². The predicted octanol–water partition coefficient (Wildman–Crippen LogP) is 4.10. The summed E-state index contributed by atoms with van der Waals surface area (Å²) in [6.45, 7) is 2.66. The fourth-order valence-electron chi connectivity index (χ4n) is 2.23. The first-order valence-corrected chi connectivity index (χ1v) is 7.82. The zero-order valence-corrected chi connectivity index (χ0v) is 14.0. The Bertz CT molecular complexity index is 639. The van der Waals surface area contributed by atoms with E-state index in [1.165, 1.54) is 10.5 Å². The van der Waals surface area contributed by atoms with Gasteiger partial charge in [0.2, 0.25) is 0 Å². The fraction of sp³-hybridized carbons (Fsp3) is 0.316. The van der Waals surface area contributed by atoms with Crippen LogP contribution in [0.2, 0.25) is 0 Å². The smallest absolute Gasteiger partial charge is 0.321 e. The molecule has 0 saturated carbocycles. The van der Waals surface area contributed by atoms with E-state index in [1.807, 2.05) is 31.2 Å². The summed E-state index contributed by atoms with van der Waals surface area (Å²) in [5.41, 5.74) is 3.12. The van der Waals surface area contributed by atoms with E-state index in [0.29, 0.717) is 6.61 Å². The van der Waals surface area contributed by atoms with Crippen LogP contribution >= 0.6 is 0 Å². The van der Waals surface area contributed by atoms with Crippen molar-refractivity contribution < 1.29 is 9.53 Å². The number of hydrogen-bond donors (Lipinski definition) is 1. The van der Waals surface area contributed by atoms with E-state index in [-0.39, 0.29) is 6.03 Å². The van der Waals surface area contributed by atoms with Gasteiger partial charge in [-0.1, -0.05) is 30.3 Å². The molecule has 2 rings (SSSR count). The lowest BCUT2D eigenvalue weighted by Gasteiger charge is -2.14. The van der Waals surface area contributed by atoms with Gasteiger partial charge in [-0.25, -0.2) is 4.79 Å². The molecule has 0 aliphatic heterocycles. The summed E-state index contributed by atoms with van der Waals surface area (Å²) in [5, 5.41) is 2.83. The van der Waals surface area contributed by atoms with Crippen LogP contribution in [0.4, 0.5) is 10.5 Å². The Hall–Kier alpha value is -2.49. The van der Waals surface area contributed by atoms with Crippen LogP contribution in [0.25, 0.3) is 0 Å². The molecule has 4 nitrogen and oxygen atoms in total. The number of amides is 2. The molecular formula is C19H24N2O2. The minimum absolute atomic E-state index is 0.138. The van der Waals surface area contributed by atoms with Gasteiger partial charge < -0.3 is 15.0 Å². The summed E-state index contributed by atoms with van der Waals surface area (Å²) in [5.74, 6) is 0.862. The second-order valence-corrected chi connectivity index (χ2v) is 5.74. The van der Waals surface area contributed by atoms with E-state index in [2.05, 4.69) is 29.6 Å². The second-order valence-electron chi connectivity index (χ2n) is 5.74. The Morgan fingerprint density at radius 2 is 1.87 bits per heavy atom. The van der Waals surface area contributed by atoms with E-state index in [0.717, 1.165) is 29.8 Å². The lowest BCUT2D eigenvalue weighted by Crippen LogP contribution is -2.27. The first kappa shape index (κ1) is 16.9. The van der Waals surface area contributed by atoms with Gasteiger partial charge in [-0.3, -0.25) is 0 Å². The zero-order chi connectivity index (χ0) is 16.7. The van der Waals surface area contributed by atoms with Crippen molar-refractivity contribution in [2.75, 3.05) is 26.0 Å². The quantitative estimate of drug-likeness (QED) is 0.816. The van der Waals surface area contributed by atoms with Gasteiger partial charge in [0.1, 0.15) is 5.75 Å². The number of aryl methyl sites for hydroxylation is 2. The molecule has 2 aromatic rings. The maximum Gasteiger partial charge on any atom is 0.321 e. The molecule has 0 aromatic heterocycles. The molecule has 122 valence electrons. The van der Waals surface area contributed by atoms with Gasteiger partial charge in [0, 0.05) is 19.8 Å². The number of benzene rings is 2. The van der Waals surface area contributed by atoms with E-state index in [4.69, 9.17) is 4.74 Å². The maximum atomic E-state index is 11.6. The Morgan fingerprint density at radius 3 is 2.52 bits per heavy atom. The third-order valence-corrected chi connectivity index (χ3v) is 3.54. The van der Waals surface area contributed by atoms with Crippen LogP contribution in [0, 0.1) is 6.92 Å². The Balaban J connectivity index is 1.82.